The van der Waals surface area contributed by atoms with Gasteiger partial charge in [0.1, 0.15) is 12.4 Å². The van der Waals surface area contributed by atoms with Crippen LogP contribution in [-0.2, 0) is 11.0 Å². The first-order valence-electron chi connectivity index (χ1n) is 4.84. The molecule has 0 aliphatic heterocycles. The number of aromatic nitrogens is 1. The van der Waals surface area contributed by atoms with Crippen molar-refractivity contribution in [3.05, 3.63) is 23.9 Å². The molecule has 1 aromatic rings. The zero-order valence-electron chi connectivity index (χ0n) is 9.03. The summed E-state index contributed by atoms with van der Waals surface area (Å²) in [4.78, 5) is 15.5. The molecule has 7 heteroatoms. The van der Waals surface area contributed by atoms with Gasteiger partial charge in [0.25, 0.3) is 0 Å². The van der Waals surface area contributed by atoms with E-state index in [0.717, 1.165) is 12.1 Å². The van der Waals surface area contributed by atoms with Crippen molar-refractivity contribution >= 4 is 11.8 Å². The first-order chi connectivity index (χ1) is 7.84. The second kappa shape index (κ2) is 5.03. The van der Waals surface area contributed by atoms with Crippen LogP contribution in [0.1, 0.15) is 12.5 Å². The quantitative estimate of drug-likeness (QED) is 0.885. The van der Waals surface area contributed by atoms with Crippen LogP contribution in [0.4, 0.5) is 19.0 Å². The fourth-order valence-corrected chi connectivity index (χ4v) is 1.26. The normalized spacial score (nSPS) is 11.3. The van der Waals surface area contributed by atoms with Gasteiger partial charge < -0.3 is 10.0 Å². The number of carboxylic acids is 1. The molecule has 17 heavy (non-hydrogen) atoms. The molecule has 0 aliphatic rings. The van der Waals surface area contributed by atoms with Gasteiger partial charge in [0.15, 0.2) is 0 Å². The average molecular weight is 248 g/mol. The van der Waals surface area contributed by atoms with Crippen molar-refractivity contribution in [2.24, 2.45) is 0 Å². The molecule has 0 radical (unpaired) electrons. The average Bonchev–Trinajstić information content (AvgIpc) is 2.24. The Bertz CT molecular complexity index is 390. The molecule has 0 spiro atoms. The van der Waals surface area contributed by atoms with Gasteiger partial charge in [0, 0.05) is 12.7 Å². The van der Waals surface area contributed by atoms with Crippen molar-refractivity contribution < 1.29 is 23.1 Å². The minimum Gasteiger partial charge on any atom is -0.480 e. The third kappa shape index (κ3) is 3.61. The third-order valence-corrected chi connectivity index (χ3v) is 2.11. The number of rotatable bonds is 4. The second-order valence-electron chi connectivity index (χ2n) is 3.31. The molecule has 0 atom stereocenters. The number of halogens is 3. The van der Waals surface area contributed by atoms with Gasteiger partial charge >= 0.3 is 12.1 Å². The molecule has 0 aromatic carbocycles. The number of alkyl halides is 3. The Morgan fingerprint density at radius 2 is 2.12 bits per heavy atom. The number of anilines is 1. The van der Waals surface area contributed by atoms with Crippen molar-refractivity contribution in [3.8, 4) is 0 Å². The molecule has 0 unspecified atom stereocenters. The van der Waals surface area contributed by atoms with Crippen LogP contribution in [-0.4, -0.2) is 29.1 Å². The molecule has 0 amide bonds. The van der Waals surface area contributed by atoms with Gasteiger partial charge in [-0.25, -0.2) is 4.98 Å². The summed E-state index contributed by atoms with van der Waals surface area (Å²) >= 11 is 0. The summed E-state index contributed by atoms with van der Waals surface area (Å²) in [6.07, 6.45) is -3.74. The van der Waals surface area contributed by atoms with E-state index in [1.54, 1.807) is 6.92 Å². The molecule has 0 bridgehead atoms. The SMILES string of the molecule is CCN(CC(=O)O)c1ccc(C(F)(F)F)cn1. The molecule has 4 nitrogen and oxygen atoms in total. The number of nitrogens with zero attached hydrogens (tertiary/aromatic N) is 2. The van der Waals surface area contributed by atoms with E-state index in [0.29, 0.717) is 12.7 Å². The summed E-state index contributed by atoms with van der Waals surface area (Å²) < 4.78 is 36.8. The van der Waals surface area contributed by atoms with E-state index in [1.165, 1.54) is 4.90 Å². The van der Waals surface area contributed by atoms with E-state index < -0.39 is 17.7 Å². The largest absolute Gasteiger partial charge is 0.480 e. The lowest BCUT2D eigenvalue weighted by Gasteiger charge is -2.19. The van der Waals surface area contributed by atoms with Gasteiger partial charge in [-0.2, -0.15) is 13.2 Å². The molecule has 0 fully saturated rings. The Hall–Kier alpha value is -1.79. The van der Waals surface area contributed by atoms with Crippen LogP contribution < -0.4 is 4.90 Å². The third-order valence-electron chi connectivity index (χ3n) is 2.11. The van der Waals surface area contributed by atoms with Gasteiger partial charge in [-0.05, 0) is 19.1 Å². The Labute approximate surface area is 95.7 Å². The first-order valence-corrected chi connectivity index (χ1v) is 4.84. The Morgan fingerprint density at radius 1 is 1.47 bits per heavy atom. The van der Waals surface area contributed by atoms with Gasteiger partial charge in [-0.15, -0.1) is 0 Å². The van der Waals surface area contributed by atoms with Crippen LogP contribution in [0, 0.1) is 0 Å². The summed E-state index contributed by atoms with van der Waals surface area (Å²) in [6, 6.07) is 2.04. The number of pyridine rings is 1. The topological polar surface area (TPSA) is 53.4 Å². The fraction of sp³-hybridized carbons (Fsp3) is 0.400. The molecule has 0 saturated carbocycles. The second-order valence-corrected chi connectivity index (χ2v) is 3.31. The Balaban J connectivity index is 2.89. The molecule has 94 valence electrons. The van der Waals surface area contributed by atoms with Crippen LogP contribution in [0.15, 0.2) is 18.3 Å². The molecule has 0 aliphatic carbocycles. The van der Waals surface area contributed by atoms with Gasteiger partial charge in [0.2, 0.25) is 0 Å². The minimum absolute atomic E-state index is 0.211. The highest BCUT2D eigenvalue weighted by Gasteiger charge is 2.30. The highest BCUT2D eigenvalue weighted by atomic mass is 19.4. The first kappa shape index (κ1) is 13.3. The predicted molar refractivity (Wildman–Crippen MR) is 54.8 cm³/mol. The van der Waals surface area contributed by atoms with Gasteiger partial charge in [0.05, 0.1) is 5.56 Å². The van der Waals surface area contributed by atoms with Crippen molar-refractivity contribution in [1.29, 1.82) is 0 Å². The maximum Gasteiger partial charge on any atom is 0.417 e. The number of hydrogen-bond donors (Lipinski definition) is 1. The molecule has 1 rings (SSSR count). The molecule has 1 heterocycles. The molecular formula is C10H11F3N2O2. The van der Waals surface area contributed by atoms with Crippen molar-refractivity contribution in [2.75, 3.05) is 18.0 Å². The zero-order valence-corrected chi connectivity index (χ0v) is 9.03. The summed E-state index contributed by atoms with van der Waals surface area (Å²) in [6.45, 7) is 1.75. The number of aliphatic carboxylic acids is 1. The number of carboxylic acid groups (broad SMARTS) is 1. The predicted octanol–water partition coefficient (Wildman–Crippen LogP) is 2.01. The fourth-order valence-electron chi connectivity index (χ4n) is 1.26. The summed E-state index contributed by atoms with van der Waals surface area (Å²) in [7, 11) is 0. The zero-order chi connectivity index (χ0) is 13.1. The van der Waals surface area contributed by atoms with Crippen LogP contribution in [0.5, 0.6) is 0 Å². The van der Waals surface area contributed by atoms with Crippen LogP contribution in [0.2, 0.25) is 0 Å². The molecule has 1 aromatic heterocycles. The maximum atomic E-state index is 12.3. The van der Waals surface area contributed by atoms with Crippen molar-refractivity contribution in [1.82, 2.24) is 4.98 Å². The van der Waals surface area contributed by atoms with E-state index in [-0.39, 0.29) is 12.4 Å². The number of carbonyl (C=O) groups is 1. The lowest BCUT2D eigenvalue weighted by molar-refractivity contribution is -0.138. The number of likely N-dealkylation sites (N-methyl/N-ethyl adjacent to an activating group) is 1. The lowest BCUT2D eigenvalue weighted by atomic mass is 10.2. The van der Waals surface area contributed by atoms with Crippen LogP contribution >= 0.6 is 0 Å². The van der Waals surface area contributed by atoms with E-state index in [2.05, 4.69) is 4.98 Å². The maximum absolute atomic E-state index is 12.3. The minimum atomic E-state index is -4.44. The lowest BCUT2D eigenvalue weighted by Crippen LogP contribution is -2.30. The summed E-state index contributed by atoms with van der Waals surface area (Å²) in [5.41, 5.74) is -0.854. The highest BCUT2D eigenvalue weighted by Crippen LogP contribution is 2.29. The highest BCUT2D eigenvalue weighted by molar-refractivity contribution is 5.73. The molecular weight excluding hydrogens is 237 g/mol. The van der Waals surface area contributed by atoms with Gasteiger partial charge in [-0.3, -0.25) is 4.79 Å². The monoisotopic (exact) mass is 248 g/mol. The standard InChI is InChI=1S/C10H11F3N2O2/c1-2-15(6-9(16)17)8-4-3-7(5-14-8)10(11,12)13/h3-5H,2,6H2,1H3,(H,16,17). The van der Waals surface area contributed by atoms with Crippen molar-refractivity contribution in [2.45, 2.75) is 13.1 Å². The number of hydrogen-bond acceptors (Lipinski definition) is 3. The van der Waals surface area contributed by atoms with E-state index in [4.69, 9.17) is 5.11 Å². The van der Waals surface area contributed by atoms with Crippen molar-refractivity contribution in [3.63, 3.8) is 0 Å². The van der Waals surface area contributed by atoms with Crippen LogP contribution in [0.25, 0.3) is 0 Å². The Morgan fingerprint density at radius 3 is 2.47 bits per heavy atom. The smallest absolute Gasteiger partial charge is 0.417 e. The van der Waals surface area contributed by atoms with E-state index in [1.807, 2.05) is 0 Å². The van der Waals surface area contributed by atoms with E-state index >= 15 is 0 Å². The van der Waals surface area contributed by atoms with E-state index in [9.17, 15) is 18.0 Å². The Kier molecular flexibility index (Phi) is 3.93. The summed E-state index contributed by atoms with van der Waals surface area (Å²) in [5.74, 6) is -0.851. The summed E-state index contributed by atoms with van der Waals surface area (Å²) in [5, 5.41) is 8.61. The molecule has 1 N–H and O–H groups in total. The van der Waals surface area contributed by atoms with Gasteiger partial charge in [-0.1, -0.05) is 0 Å². The van der Waals surface area contributed by atoms with Crippen LogP contribution in [0.3, 0.4) is 0 Å². The molecule has 0 saturated heterocycles.